The smallest absolute Gasteiger partial charge is 0.235 e. The van der Waals surface area contributed by atoms with Crippen molar-refractivity contribution in [1.29, 1.82) is 5.26 Å². The zero-order chi connectivity index (χ0) is 9.56. The topological polar surface area (TPSA) is 82.3 Å². The minimum atomic E-state index is -0.699. The second kappa shape index (κ2) is 5.02. The van der Waals surface area contributed by atoms with Crippen LogP contribution in [0.4, 0.5) is 0 Å². The molecule has 0 rings (SSSR count). The third-order valence-corrected chi connectivity index (χ3v) is 1.33. The fraction of sp³-hybridized carbons (Fsp3) is 0.429. The lowest BCUT2D eigenvalue weighted by atomic mass is 10.1. The lowest BCUT2D eigenvalue weighted by Crippen LogP contribution is -2.31. The number of ketones is 1. The van der Waals surface area contributed by atoms with Crippen LogP contribution in [0, 0.1) is 17.4 Å². The first-order chi connectivity index (χ1) is 5.59. The Morgan fingerprint density at radius 1 is 1.67 bits per heavy atom. The van der Waals surface area contributed by atoms with E-state index in [1.807, 2.05) is 0 Å². The molecule has 0 fully saturated rings. The monoisotopic (exact) mass is 167 g/mol. The van der Waals surface area contributed by atoms with Gasteiger partial charge < -0.3 is 5.32 Å². The average molecular weight is 167 g/mol. The number of carbonyl (C=O) groups is 2. The van der Waals surface area contributed by atoms with Crippen molar-refractivity contribution in [2.45, 2.75) is 13.8 Å². The third kappa shape index (κ3) is 3.46. The van der Waals surface area contributed by atoms with E-state index in [4.69, 9.17) is 5.26 Å². The Kier molecular flexibility index (Phi) is 4.31. The lowest BCUT2D eigenvalue weighted by Gasteiger charge is -2.03. The number of hydrogen-bond donors (Lipinski definition) is 1. The minimum absolute atomic E-state index is 0.224. The Morgan fingerprint density at radius 2 is 2.25 bits per heavy atom. The van der Waals surface area contributed by atoms with Crippen molar-refractivity contribution in [3.63, 3.8) is 0 Å². The van der Waals surface area contributed by atoms with Gasteiger partial charge in [-0.3, -0.25) is 9.59 Å². The van der Waals surface area contributed by atoms with E-state index in [2.05, 4.69) is 10.3 Å². The third-order valence-electron chi connectivity index (χ3n) is 1.33. The summed E-state index contributed by atoms with van der Waals surface area (Å²) in [5, 5.41) is 10.2. The Hall–Kier alpha value is -1.70. The molecule has 1 amide bonds. The Balaban J connectivity index is 3.98. The first kappa shape index (κ1) is 10.3. The number of nitriles is 1. The molecule has 0 aromatic rings. The van der Waals surface area contributed by atoms with Gasteiger partial charge in [0.15, 0.2) is 0 Å². The van der Waals surface area contributed by atoms with Crippen LogP contribution in [-0.2, 0) is 9.59 Å². The van der Waals surface area contributed by atoms with Gasteiger partial charge in [0, 0.05) is 0 Å². The van der Waals surface area contributed by atoms with Crippen molar-refractivity contribution in [2.24, 2.45) is 10.9 Å². The second-order valence-electron chi connectivity index (χ2n) is 2.20. The fourth-order valence-electron chi connectivity index (χ4n) is 0.434. The standard InChI is InChI=1S/C7H9N3O2/c1-5(6(2)11)7(12)10-4-9-3-8/h4-5H,1-2H3,(H,9,10,12). The first-order valence-corrected chi connectivity index (χ1v) is 3.31. The van der Waals surface area contributed by atoms with Gasteiger partial charge in [-0.1, -0.05) is 0 Å². The number of hydrogen-bond acceptors (Lipinski definition) is 4. The Bertz CT molecular complexity index is 252. The summed E-state index contributed by atoms with van der Waals surface area (Å²) in [5.41, 5.74) is 0. The molecule has 1 N–H and O–H groups in total. The van der Waals surface area contributed by atoms with Crippen molar-refractivity contribution in [3.05, 3.63) is 0 Å². The molecule has 12 heavy (non-hydrogen) atoms. The van der Waals surface area contributed by atoms with E-state index >= 15 is 0 Å². The van der Waals surface area contributed by atoms with Crippen LogP contribution in [0.15, 0.2) is 4.99 Å². The van der Waals surface area contributed by atoms with Crippen LogP contribution in [-0.4, -0.2) is 18.0 Å². The normalized spacial score (nSPS) is 12.1. The van der Waals surface area contributed by atoms with E-state index in [1.165, 1.54) is 20.0 Å². The highest BCUT2D eigenvalue weighted by Gasteiger charge is 2.15. The summed E-state index contributed by atoms with van der Waals surface area (Å²) in [6.07, 6.45) is 2.42. The van der Waals surface area contributed by atoms with Crippen LogP contribution in [0.1, 0.15) is 13.8 Å². The number of carbonyl (C=O) groups excluding carboxylic acids is 2. The Labute approximate surface area is 70.1 Å². The second-order valence-corrected chi connectivity index (χ2v) is 2.20. The predicted octanol–water partition coefficient (Wildman–Crippen LogP) is -0.163. The highest BCUT2D eigenvalue weighted by molar-refractivity contribution is 6.03. The summed E-state index contributed by atoms with van der Waals surface area (Å²) in [7, 11) is 0. The quantitative estimate of drug-likeness (QED) is 0.274. The lowest BCUT2D eigenvalue weighted by molar-refractivity contribution is -0.131. The largest absolute Gasteiger partial charge is 0.315 e. The van der Waals surface area contributed by atoms with E-state index in [0.717, 1.165) is 6.34 Å². The molecule has 0 spiro atoms. The molecule has 64 valence electrons. The molecule has 0 aliphatic carbocycles. The van der Waals surface area contributed by atoms with Crippen molar-refractivity contribution in [2.75, 3.05) is 0 Å². The van der Waals surface area contributed by atoms with Crippen LogP contribution < -0.4 is 5.32 Å². The summed E-state index contributed by atoms with van der Waals surface area (Å²) < 4.78 is 0. The van der Waals surface area contributed by atoms with Gasteiger partial charge in [-0.15, -0.1) is 0 Å². The van der Waals surface area contributed by atoms with Gasteiger partial charge >= 0.3 is 0 Å². The van der Waals surface area contributed by atoms with E-state index in [0.29, 0.717) is 0 Å². The molecule has 0 saturated carbocycles. The Morgan fingerprint density at radius 3 is 2.67 bits per heavy atom. The molecule has 1 unspecified atom stereocenters. The molecule has 5 nitrogen and oxygen atoms in total. The maximum absolute atomic E-state index is 10.9. The van der Waals surface area contributed by atoms with Crippen molar-refractivity contribution < 1.29 is 9.59 Å². The van der Waals surface area contributed by atoms with Gasteiger partial charge in [-0.2, -0.15) is 10.3 Å². The van der Waals surface area contributed by atoms with E-state index in [1.54, 1.807) is 0 Å². The SMILES string of the molecule is CC(=O)C(C)C(=O)NC=NC#N. The first-order valence-electron chi connectivity index (χ1n) is 3.31. The molecule has 0 bridgehead atoms. The van der Waals surface area contributed by atoms with Crippen LogP contribution in [0.5, 0.6) is 0 Å². The number of rotatable bonds is 3. The van der Waals surface area contributed by atoms with Crippen molar-refractivity contribution in [3.8, 4) is 6.19 Å². The number of nitrogens with one attached hydrogen (secondary N) is 1. The van der Waals surface area contributed by atoms with Crippen LogP contribution >= 0.6 is 0 Å². The molecule has 0 aromatic heterocycles. The summed E-state index contributed by atoms with van der Waals surface area (Å²) in [4.78, 5) is 24.7. The molecule has 5 heteroatoms. The average Bonchev–Trinajstić information content (AvgIpc) is 2.03. The van der Waals surface area contributed by atoms with Gasteiger partial charge in [0.05, 0.1) is 5.92 Å². The highest BCUT2D eigenvalue weighted by atomic mass is 16.2. The van der Waals surface area contributed by atoms with Gasteiger partial charge in [0.25, 0.3) is 0 Å². The zero-order valence-corrected chi connectivity index (χ0v) is 6.87. The fourth-order valence-corrected chi connectivity index (χ4v) is 0.434. The molecule has 0 heterocycles. The molecule has 0 saturated heterocycles. The predicted molar refractivity (Wildman–Crippen MR) is 42.1 cm³/mol. The number of Topliss-reactive ketones (excluding diaryl/α,β-unsaturated/α-hetero) is 1. The van der Waals surface area contributed by atoms with Gasteiger partial charge in [0.2, 0.25) is 12.1 Å². The summed E-state index contributed by atoms with van der Waals surface area (Å²) in [6.45, 7) is 2.81. The number of amides is 1. The molecule has 0 radical (unpaired) electrons. The molecular weight excluding hydrogens is 158 g/mol. The summed E-state index contributed by atoms with van der Waals surface area (Å²) in [5.74, 6) is -1.38. The van der Waals surface area contributed by atoms with E-state index < -0.39 is 11.8 Å². The van der Waals surface area contributed by atoms with Crippen LogP contribution in [0.2, 0.25) is 0 Å². The van der Waals surface area contributed by atoms with E-state index in [9.17, 15) is 9.59 Å². The van der Waals surface area contributed by atoms with Crippen molar-refractivity contribution in [1.82, 2.24) is 5.32 Å². The summed E-state index contributed by atoms with van der Waals surface area (Å²) >= 11 is 0. The number of aliphatic imine (C=N–C) groups is 1. The van der Waals surface area contributed by atoms with Gasteiger partial charge in [0.1, 0.15) is 12.1 Å². The zero-order valence-electron chi connectivity index (χ0n) is 6.87. The maximum Gasteiger partial charge on any atom is 0.235 e. The minimum Gasteiger partial charge on any atom is -0.315 e. The molecule has 0 aromatic carbocycles. The van der Waals surface area contributed by atoms with Crippen LogP contribution in [0.25, 0.3) is 0 Å². The molecule has 0 aliphatic rings. The molecule has 1 atom stereocenters. The highest BCUT2D eigenvalue weighted by Crippen LogP contribution is 1.94. The summed E-state index contributed by atoms with van der Waals surface area (Å²) in [6, 6.07) is 0. The van der Waals surface area contributed by atoms with Crippen LogP contribution in [0.3, 0.4) is 0 Å². The number of nitrogens with zero attached hydrogens (tertiary/aromatic N) is 2. The van der Waals surface area contributed by atoms with Gasteiger partial charge in [-0.05, 0) is 13.8 Å². The van der Waals surface area contributed by atoms with Gasteiger partial charge in [-0.25, -0.2) is 0 Å². The molecule has 0 aliphatic heterocycles. The van der Waals surface area contributed by atoms with Crippen molar-refractivity contribution >= 4 is 18.0 Å². The van der Waals surface area contributed by atoms with E-state index in [-0.39, 0.29) is 5.78 Å². The molecular formula is C7H9N3O2. The maximum atomic E-state index is 10.9.